The number of anilines is 1. The predicted octanol–water partition coefficient (Wildman–Crippen LogP) is 2.67. The maximum Gasteiger partial charge on any atom is 0.251 e. The van der Waals surface area contributed by atoms with Crippen LogP contribution in [0.2, 0.25) is 0 Å². The van der Waals surface area contributed by atoms with Crippen LogP contribution in [-0.2, 0) is 6.42 Å². The lowest BCUT2D eigenvalue weighted by Gasteiger charge is -2.34. The molecule has 0 saturated carbocycles. The Morgan fingerprint density at radius 1 is 1.04 bits per heavy atom. The van der Waals surface area contributed by atoms with E-state index in [-0.39, 0.29) is 5.91 Å². The van der Waals surface area contributed by atoms with Crippen molar-refractivity contribution < 1.29 is 4.79 Å². The Kier molecular flexibility index (Phi) is 6.45. The fraction of sp³-hybridized carbons (Fsp3) is 0.364. The lowest BCUT2D eigenvalue weighted by Crippen LogP contribution is -2.44. The number of hydrogen-bond donors (Lipinski definition) is 1. The highest BCUT2D eigenvalue weighted by Gasteiger charge is 2.13. The first kappa shape index (κ1) is 18.9. The monoisotopic (exact) mass is 362 g/mol. The first-order chi connectivity index (χ1) is 13.2. The van der Waals surface area contributed by atoms with E-state index in [0.717, 1.165) is 39.0 Å². The summed E-state index contributed by atoms with van der Waals surface area (Å²) in [5, 5.41) is 11.7. The number of nitrogens with one attached hydrogen (secondary N) is 1. The van der Waals surface area contributed by atoms with Gasteiger partial charge in [0.2, 0.25) is 0 Å². The third-order valence-corrected chi connectivity index (χ3v) is 5.01. The fourth-order valence-electron chi connectivity index (χ4n) is 3.23. The summed E-state index contributed by atoms with van der Waals surface area (Å²) in [5.74, 6) is -0.0927. The second-order valence-electron chi connectivity index (χ2n) is 7.01. The minimum absolute atomic E-state index is 0.0927. The Balaban J connectivity index is 1.41. The summed E-state index contributed by atoms with van der Waals surface area (Å²) in [7, 11) is 2.17. The zero-order valence-electron chi connectivity index (χ0n) is 15.8. The highest BCUT2D eigenvalue weighted by atomic mass is 16.1. The molecule has 5 nitrogen and oxygen atoms in total. The third-order valence-electron chi connectivity index (χ3n) is 5.01. The van der Waals surface area contributed by atoms with Crippen molar-refractivity contribution in [2.24, 2.45) is 0 Å². The Morgan fingerprint density at radius 2 is 1.70 bits per heavy atom. The van der Waals surface area contributed by atoms with Crippen LogP contribution in [-0.4, -0.2) is 50.6 Å². The van der Waals surface area contributed by atoms with E-state index in [0.29, 0.717) is 17.7 Å². The molecule has 1 amide bonds. The van der Waals surface area contributed by atoms with E-state index in [1.807, 2.05) is 0 Å². The van der Waals surface area contributed by atoms with Crippen molar-refractivity contribution in [2.45, 2.75) is 12.8 Å². The molecular formula is C22H26N4O. The zero-order valence-corrected chi connectivity index (χ0v) is 15.8. The van der Waals surface area contributed by atoms with Crippen molar-refractivity contribution in [3.63, 3.8) is 0 Å². The molecular weight excluding hydrogens is 336 g/mol. The molecule has 1 aliphatic heterocycles. The summed E-state index contributed by atoms with van der Waals surface area (Å²) in [6.07, 6.45) is 1.84. The summed E-state index contributed by atoms with van der Waals surface area (Å²) in [6.45, 7) is 5.02. The van der Waals surface area contributed by atoms with Gasteiger partial charge in [0.05, 0.1) is 11.6 Å². The highest BCUT2D eigenvalue weighted by Crippen LogP contribution is 2.17. The summed E-state index contributed by atoms with van der Waals surface area (Å²) >= 11 is 0. The second-order valence-corrected chi connectivity index (χ2v) is 7.01. The SMILES string of the molecule is CN1CCN(c2ccc(CCCNC(=O)c3ccc(C#N)cc3)cc2)CC1. The number of carbonyl (C=O) groups excluding carboxylic acids is 1. The van der Waals surface area contributed by atoms with Crippen LogP contribution in [0.4, 0.5) is 5.69 Å². The van der Waals surface area contributed by atoms with Gasteiger partial charge in [0.15, 0.2) is 0 Å². The van der Waals surface area contributed by atoms with E-state index in [2.05, 4.69) is 52.5 Å². The molecule has 2 aromatic rings. The Bertz CT molecular complexity index is 785. The highest BCUT2D eigenvalue weighted by molar-refractivity contribution is 5.94. The molecule has 1 aliphatic rings. The molecule has 0 bridgehead atoms. The van der Waals surface area contributed by atoms with Gasteiger partial charge in [-0.1, -0.05) is 12.1 Å². The number of amides is 1. The zero-order chi connectivity index (χ0) is 19.1. The van der Waals surface area contributed by atoms with E-state index >= 15 is 0 Å². The molecule has 1 saturated heterocycles. The first-order valence-electron chi connectivity index (χ1n) is 9.46. The summed E-state index contributed by atoms with van der Waals surface area (Å²) in [4.78, 5) is 16.9. The maximum atomic E-state index is 12.1. The number of nitriles is 1. The number of nitrogens with zero attached hydrogens (tertiary/aromatic N) is 3. The molecule has 27 heavy (non-hydrogen) atoms. The van der Waals surface area contributed by atoms with Crippen molar-refractivity contribution in [2.75, 3.05) is 44.7 Å². The number of rotatable bonds is 6. The number of piperazine rings is 1. The normalized spacial score (nSPS) is 14.6. The summed E-state index contributed by atoms with van der Waals surface area (Å²) in [5.41, 5.74) is 3.73. The van der Waals surface area contributed by atoms with Gasteiger partial charge in [-0.2, -0.15) is 5.26 Å². The maximum absolute atomic E-state index is 12.1. The van der Waals surface area contributed by atoms with Gasteiger partial charge in [-0.3, -0.25) is 4.79 Å². The lowest BCUT2D eigenvalue weighted by molar-refractivity contribution is 0.0953. The molecule has 1 fully saturated rings. The molecule has 0 spiro atoms. The minimum Gasteiger partial charge on any atom is -0.369 e. The van der Waals surface area contributed by atoms with Crippen molar-refractivity contribution >= 4 is 11.6 Å². The summed E-state index contributed by atoms with van der Waals surface area (Å²) in [6, 6.07) is 17.5. The molecule has 3 rings (SSSR count). The number of aryl methyl sites for hydroxylation is 1. The molecule has 1 N–H and O–H groups in total. The standard InChI is InChI=1S/C22H26N4O/c1-25-13-15-26(16-14-25)21-10-6-18(7-11-21)3-2-12-24-22(27)20-8-4-19(17-23)5-9-20/h4-11H,2-3,12-16H2,1H3,(H,24,27). The third kappa shape index (κ3) is 5.32. The number of hydrogen-bond acceptors (Lipinski definition) is 4. The molecule has 5 heteroatoms. The first-order valence-corrected chi connectivity index (χ1v) is 9.46. The van der Waals surface area contributed by atoms with Crippen molar-refractivity contribution in [3.8, 4) is 6.07 Å². The number of benzene rings is 2. The number of likely N-dealkylation sites (N-methyl/N-ethyl adjacent to an activating group) is 1. The van der Waals surface area contributed by atoms with E-state index in [1.165, 1.54) is 11.3 Å². The van der Waals surface area contributed by atoms with Gasteiger partial charge in [-0.25, -0.2) is 0 Å². The van der Waals surface area contributed by atoms with Crippen LogP contribution in [0.3, 0.4) is 0 Å². The Hall–Kier alpha value is -2.84. The second kappa shape index (κ2) is 9.20. The molecule has 0 radical (unpaired) electrons. The Morgan fingerprint density at radius 3 is 2.33 bits per heavy atom. The topological polar surface area (TPSA) is 59.4 Å². The van der Waals surface area contributed by atoms with Crippen LogP contribution in [0.5, 0.6) is 0 Å². The lowest BCUT2D eigenvalue weighted by atomic mass is 10.1. The van der Waals surface area contributed by atoms with Gasteiger partial charge < -0.3 is 15.1 Å². The molecule has 2 aromatic carbocycles. The van der Waals surface area contributed by atoms with E-state index in [4.69, 9.17) is 5.26 Å². The van der Waals surface area contributed by atoms with Gasteiger partial charge in [0.1, 0.15) is 0 Å². The smallest absolute Gasteiger partial charge is 0.251 e. The van der Waals surface area contributed by atoms with E-state index in [9.17, 15) is 4.79 Å². The molecule has 140 valence electrons. The van der Waals surface area contributed by atoms with Gasteiger partial charge in [0, 0.05) is 44.0 Å². The van der Waals surface area contributed by atoms with Crippen molar-refractivity contribution in [1.82, 2.24) is 10.2 Å². The number of carbonyl (C=O) groups is 1. The predicted molar refractivity (Wildman–Crippen MR) is 108 cm³/mol. The fourth-order valence-corrected chi connectivity index (χ4v) is 3.23. The molecule has 0 atom stereocenters. The van der Waals surface area contributed by atoms with Crippen LogP contribution in [0.1, 0.15) is 27.9 Å². The van der Waals surface area contributed by atoms with Crippen molar-refractivity contribution in [1.29, 1.82) is 5.26 Å². The largest absolute Gasteiger partial charge is 0.369 e. The quantitative estimate of drug-likeness (QED) is 0.803. The molecule has 1 heterocycles. The van der Waals surface area contributed by atoms with Crippen LogP contribution in [0.15, 0.2) is 48.5 Å². The van der Waals surface area contributed by atoms with E-state index in [1.54, 1.807) is 24.3 Å². The molecule has 0 aromatic heterocycles. The van der Waals surface area contributed by atoms with Crippen molar-refractivity contribution in [3.05, 3.63) is 65.2 Å². The van der Waals surface area contributed by atoms with Crippen LogP contribution < -0.4 is 10.2 Å². The molecule has 0 unspecified atom stereocenters. The summed E-state index contributed by atoms with van der Waals surface area (Å²) < 4.78 is 0. The molecule has 0 aliphatic carbocycles. The van der Waals surface area contributed by atoms with Gasteiger partial charge in [0.25, 0.3) is 5.91 Å². The van der Waals surface area contributed by atoms with Crippen LogP contribution >= 0.6 is 0 Å². The minimum atomic E-state index is -0.0927. The van der Waals surface area contributed by atoms with Gasteiger partial charge in [-0.15, -0.1) is 0 Å². The van der Waals surface area contributed by atoms with Gasteiger partial charge >= 0.3 is 0 Å². The average molecular weight is 362 g/mol. The van der Waals surface area contributed by atoms with Gasteiger partial charge in [-0.05, 0) is 61.9 Å². The van der Waals surface area contributed by atoms with Crippen LogP contribution in [0.25, 0.3) is 0 Å². The average Bonchev–Trinajstić information content (AvgIpc) is 2.72. The Labute approximate surface area is 161 Å². The van der Waals surface area contributed by atoms with E-state index < -0.39 is 0 Å². The van der Waals surface area contributed by atoms with Crippen LogP contribution in [0, 0.1) is 11.3 Å².